The summed E-state index contributed by atoms with van der Waals surface area (Å²) in [5, 5.41) is 0.685. The molecule has 0 radical (unpaired) electrons. The van der Waals surface area contributed by atoms with Gasteiger partial charge in [0.1, 0.15) is 6.61 Å². The second-order valence-electron chi connectivity index (χ2n) is 7.30. The molecule has 7 heteroatoms. The van der Waals surface area contributed by atoms with E-state index in [0.29, 0.717) is 23.1 Å². The molecule has 3 aromatic carbocycles. The lowest BCUT2D eigenvalue weighted by Gasteiger charge is -2.29. The first kappa shape index (κ1) is 22.6. The summed E-state index contributed by atoms with van der Waals surface area (Å²) in [5.74, 6) is 1.30. The predicted molar refractivity (Wildman–Crippen MR) is 133 cm³/mol. The van der Waals surface area contributed by atoms with Crippen LogP contribution in [-0.4, -0.2) is 39.6 Å². The fraction of sp³-hybridized carbons (Fsp3) is 0.240. The lowest BCUT2D eigenvalue weighted by Crippen LogP contribution is -2.36. The van der Waals surface area contributed by atoms with Crippen LogP contribution in [0.1, 0.15) is 11.1 Å². The molecule has 0 N–H and O–H groups in total. The Balaban J connectivity index is 1.49. The molecular formula is C25H24BrClN2O3. The zero-order valence-electron chi connectivity index (χ0n) is 17.8. The van der Waals surface area contributed by atoms with E-state index >= 15 is 0 Å². The van der Waals surface area contributed by atoms with E-state index in [1.54, 1.807) is 13.3 Å². The molecule has 0 unspecified atom stereocenters. The van der Waals surface area contributed by atoms with Crippen LogP contribution < -0.4 is 14.4 Å². The molecule has 1 aliphatic rings. The average molecular weight is 516 g/mol. The first-order chi connectivity index (χ1) is 15.6. The van der Waals surface area contributed by atoms with Crippen molar-refractivity contribution in [3.8, 4) is 11.5 Å². The fourth-order valence-corrected chi connectivity index (χ4v) is 4.34. The summed E-state index contributed by atoms with van der Waals surface area (Å²) >= 11 is 10.1. The molecule has 0 spiro atoms. The van der Waals surface area contributed by atoms with Gasteiger partial charge in [0.2, 0.25) is 0 Å². The van der Waals surface area contributed by atoms with Gasteiger partial charge in [-0.25, -0.2) is 0 Å². The van der Waals surface area contributed by atoms with Crippen molar-refractivity contribution in [3.63, 3.8) is 0 Å². The molecule has 0 atom stereocenters. The first-order valence-electron chi connectivity index (χ1n) is 10.3. The normalized spacial score (nSPS) is 14.0. The Bertz CT molecular complexity index is 1090. The summed E-state index contributed by atoms with van der Waals surface area (Å²) < 4.78 is 17.8. The van der Waals surface area contributed by atoms with Crippen molar-refractivity contribution in [2.24, 2.45) is 4.99 Å². The third kappa shape index (κ3) is 5.63. The van der Waals surface area contributed by atoms with Gasteiger partial charge in [0.15, 0.2) is 11.5 Å². The highest BCUT2D eigenvalue weighted by molar-refractivity contribution is 9.10. The molecule has 1 aliphatic heterocycles. The molecule has 166 valence electrons. The molecule has 4 rings (SSSR count). The number of morpholine rings is 1. The number of nitrogens with zero attached hydrogens (tertiary/aromatic N) is 2. The van der Waals surface area contributed by atoms with Gasteiger partial charge >= 0.3 is 0 Å². The minimum Gasteiger partial charge on any atom is -0.493 e. The van der Waals surface area contributed by atoms with Crippen LogP contribution in [0, 0.1) is 0 Å². The molecule has 3 aromatic rings. The van der Waals surface area contributed by atoms with Crippen LogP contribution in [0.5, 0.6) is 11.5 Å². The van der Waals surface area contributed by atoms with Gasteiger partial charge in [0.05, 0.1) is 41.2 Å². The smallest absolute Gasteiger partial charge is 0.175 e. The molecule has 0 saturated carbocycles. The summed E-state index contributed by atoms with van der Waals surface area (Å²) in [6.07, 6.45) is 1.79. The van der Waals surface area contributed by atoms with Crippen molar-refractivity contribution in [2.45, 2.75) is 6.61 Å². The number of methoxy groups -OCH3 is 1. The van der Waals surface area contributed by atoms with Gasteiger partial charge in [0, 0.05) is 19.3 Å². The van der Waals surface area contributed by atoms with E-state index < -0.39 is 0 Å². The van der Waals surface area contributed by atoms with Gasteiger partial charge in [-0.1, -0.05) is 41.9 Å². The third-order valence-corrected chi connectivity index (χ3v) is 6.02. The van der Waals surface area contributed by atoms with E-state index in [4.69, 9.17) is 25.8 Å². The molecule has 0 bridgehead atoms. The summed E-state index contributed by atoms with van der Waals surface area (Å²) in [5.41, 5.74) is 3.77. The van der Waals surface area contributed by atoms with Crippen molar-refractivity contribution >= 4 is 45.1 Å². The number of benzene rings is 3. The van der Waals surface area contributed by atoms with E-state index in [9.17, 15) is 0 Å². The molecule has 32 heavy (non-hydrogen) atoms. The Morgan fingerprint density at radius 2 is 1.88 bits per heavy atom. The Kier molecular flexibility index (Phi) is 7.68. The minimum atomic E-state index is 0.456. The van der Waals surface area contributed by atoms with Gasteiger partial charge in [0.25, 0.3) is 0 Å². The molecule has 1 heterocycles. The Morgan fingerprint density at radius 1 is 1.09 bits per heavy atom. The van der Waals surface area contributed by atoms with Crippen LogP contribution in [0.15, 0.2) is 70.1 Å². The summed E-state index contributed by atoms with van der Waals surface area (Å²) in [7, 11) is 1.63. The molecule has 1 fully saturated rings. The predicted octanol–water partition coefficient (Wildman–Crippen LogP) is 6.28. The highest BCUT2D eigenvalue weighted by Crippen LogP contribution is 2.37. The number of rotatable bonds is 7. The zero-order chi connectivity index (χ0) is 22.3. The molecular weight excluding hydrogens is 492 g/mol. The van der Waals surface area contributed by atoms with Crippen LogP contribution in [0.3, 0.4) is 0 Å². The largest absolute Gasteiger partial charge is 0.493 e. The SMILES string of the molecule is COc1cc(C=Nc2ccc(N3CCOCC3)c(Cl)c2)cc(Br)c1OCc1ccccc1. The monoisotopic (exact) mass is 514 g/mol. The van der Waals surface area contributed by atoms with Crippen molar-refractivity contribution < 1.29 is 14.2 Å². The Morgan fingerprint density at radius 3 is 2.59 bits per heavy atom. The van der Waals surface area contributed by atoms with Crippen LogP contribution in [0.2, 0.25) is 5.02 Å². The molecule has 5 nitrogen and oxygen atoms in total. The maximum absolute atomic E-state index is 6.52. The van der Waals surface area contributed by atoms with Crippen LogP contribution >= 0.6 is 27.5 Å². The number of anilines is 1. The lowest BCUT2D eigenvalue weighted by molar-refractivity contribution is 0.122. The standard InChI is InChI=1S/C25H24BrClN2O3/c1-30-24-14-19(13-21(26)25(24)32-17-18-5-3-2-4-6-18)16-28-20-7-8-23(22(27)15-20)29-9-11-31-12-10-29/h2-8,13-16H,9-12,17H2,1H3. The maximum atomic E-state index is 6.52. The van der Waals surface area contributed by atoms with Crippen LogP contribution in [0.4, 0.5) is 11.4 Å². The molecule has 0 amide bonds. The van der Waals surface area contributed by atoms with Gasteiger partial charge in [-0.2, -0.15) is 0 Å². The third-order valence-electron chi connectivity index (χ3n) is 5.12. The second-order valence-corrected chi connectivity index (χ2v) is 8.56. The lowest BCUT2D eigenvalue weighted by atomic mass is 10.2. The zero-order valence-corrected chi connectivity index (χ0v) is 20.1. The number of hydrogen-bond donors (Lipinski definition) is 0. The van der Waals surface area contributed by atoms with Gasteiger partial charge in [-0.15, -0.1) is 0 Å². The van der Waals surface area contributed by atoms with Crippen molar-refractivity contribution in [3.05, 3.63) is 81.3 Å². The maximum Gasteiger partial charge on any atom is 0.175 e. The van der Waals surface area contributed by atoms with Crippen molar-refractivity contribution in [1.29, 1.82) is 0 Å². The second kappa shape index (κ2) is 10.9. The van der Waals surface area contributed by atoms with E-state index in [0.717, 1.165) is 53.3 Å². The number of halogens is 2. The van der Waals surface area contributed by atoms with Crippen LogP contribution in [0.25, 0.3) is 0 Å². The van der Waals surface area contributed by atoms with E-state index in [2.05, 4.69) is 25.8 Å². The molecule has 0 aliphatic carbocycles. The van der Waals surface area contributed by atoms with Gasteiger partial charge in [-0.3, -0.25) is 4.99 Å². The quantitative estimate of drug-likeness (QED) is 0.348. The topological polar surface area (TPSA) is 43.3 Å². The van der Waals surface area contributed by atoms with Crippen molar-refractivity contribution in [2.75, 3.05) is 38.3 Å². The van der Waals surface area contributed by atoms with Gasteiger partial charge < -0.3 is 19.1 Å². The summed E-state index contributed by atoms with van der Waals surface area (Å²) in [6, 6.07) is 19.7. The minimum absolute atomic E-state index is 0.456. The van der Waals surface area contributed by atoms with E-state index in [1.165, 1.54) is 0 Å². The van der Waals surface area contributed by atoms with Gasteiger partial charge in [-0.05, 0) is 57.4 Å². The fourth-order valence-electron chi connectivity index (χ4n) is 3.47. The highest BCUT2D eigenvalue weighted by atomic mass is 79.9. The first-order valence-corrected chi connectivity index (χ1v) is 11.5. The molecule has 0 aromatic heterocycles. The summed E-state index contributed by atoms with van der Waals surface area (Å²) in [4.78, 5) is 6.83. The van der Waals surface area contributed by atoms with Crippen LogP contribution in [-0.2, 0) is 11.3 Å². The Labute approximate surface area is 201 Å². The number of hydrogen-bond acceptors (Lipinski definition) is 5. The number of ether oxygens (including phenoxy) is 3. The van der Waals surface area contributed by atoms with E-state index in [-0.39, 0.29) is 0 Å². The Hall–Kier alpha value is -2.54. The number of aliphatic imine (C=N–C) groups is 1. The van der Waals surface area contributed by atoms with E-state index in [1.807, 2.05) is 60.7 Å². The average Bonchev–Trinajstić information content (AvgIpc) is 2.83. The molecule has 1 saturated heterocycles. The summed E-state index contributed by atoms with van der Waals surface area (Å²) in [6.45, 7) is 3.58. The highest BCUT2D eigenvalue weighted by Gasteiger charge is 2.15. The van der Waals surface area contributed by atoms with Crippen molar-refractivity contribution in [1.82, 2.24) is 0 Å².